The molecule has 0 unspecified atom stereocenters. The highest BCUT2D eigenvalue weighted by molar-refractivity contribution is 5.83. The number of nitrogens with zero attached hydrogens (tertiary/aromatic N) is 8. The summed E-state index contributed by atoms with van der Waals surface area (Å²) in [6.07, 6.45) is 10.8. The van der Waals surface area contributed by atoms with Gasteiger partial charge >= 0.3 is 23.4 Å². The number of nitrogen functional groups attached to an aromatic ring is 2. The standard InChI is InChI=1S/C57H82N16O8/c1-3-5-31-79-54-66-50(58)48-52(68-54)72(56(77)64-48)35-42-11-7-40(8-12-42)33-70-27-21-38(22-28-70)19-25-61-45(74)17-15-44(63-47(76)37-81-60)16-18-46(75)62-26-20-39-23-29-71(30-24-39)34-41-9-13-43(14-10-41)36-73-53-49(65-57(73)78)51(59)67-55(69-53)80-32-6-4-2/h7-14,38-39,44H,3-6,15-37,60H2,1-2H3,(H,61,74)(H,62,75)(H,63,76)(H,64,77)(H,65,78)(H2,58,66,68)(H2,59,67,69). The van der Waals surface area contributed by atoms with Gasteiger partial charge in [-0.05, 0) is 124 Å². The second kappa shape index (κ2) is 29.9. The number of carbonyl (C=O) groups excluding carboxylic acids is 3. The lowest BCUT2D eigenvalue weighted by Gasteiger charge is -2.32. The number of hydrogen-bond donors (Lipinski definition) is 8. The third kappa shape index (κ3) is 17.5. The first-order valence-corrected chi connectivity index (χ1v) is 28.9. The summed E-state index contributed by atoms with van der Waals surface area (Å²) < 4.78 is 14.5. The number of aromatic nitrogens is 8. The number of ether oxygens (including phenoxy) is 2. The van der Waals surface area contributed by atoms with Crippen molar-refractivity contribution in [3.8, 4) is 12.0 Å². The van der Waals surface area contributed by atoms with Crippen molar-refractivity contribution in [3.05, 3.63) is 91.8 Å². The Morgan fingerprint density at radius 2 is 1.00 bits per heavy atom. The predicted molar refractivity (Wildman–Crippen MR) is 309 cm³/mol. The second-order valence-electron chi connectivity index (χ2n) is 21.6. The number of likely N-dealkylation sites (tertiary alicyclic amines) is 2. The number of piperidine rings is 2. The van der Waals surface area contributed by atoms with Gasteiger partial charge in [-0.2, -0.15) is 19.9 Å². The Hall–Kier alpha value is -7.41. The Morgan fingerprint density at radius 3 is 1.38 bits per heavy atom. The number of benzene rings is 2. The zero-order chi connectivity index (χ0) is 57.1. The predicted octanol–water partition coefficient (Wildman–Crippen LogP) is 4.24. The lowest BCUT2D eigenvalue weighted by Crippen LogP contribution is -2.40. The molecule has 6 heterocycles. The molecule has 0 atom stereocenters. The van der Waals surface area contributed by atoms with Gasteiger partial charge in [0.1, 0.15) is 17.6 Å². The van der Waals surface area contributed by atoms with E-state index in [0.29, 0.717) is 86.4 Å². The van der Waals surface area contributed by atoms with E-state index in [4.69, 9.17) is 26.8 Å². The fraction of sp³-hybridized carbons (Fsp3) is 0.561. The van der Waals surface area contributed by atoms with E-state index in [9.17, 15) is 24.0 Å². The van der Waals surface area contributed by atoms with Crippen molar-refractivity contribution in [1.82, 2.24) is 64.8 Å². The average Bonchev–Trinajstić information content (AvgIpc) is 4.22. The number of fused-ring (bicyclic) bond motifs is 2. The van der Waals surface area contributed by atoms with E-state index in [1.165, 1.54) is 11.1 Å². The highest BCUT2D eigenvalue weighted by Gasteiger charge is 2.23. The average molecular weight is 1120 g/mol. The smallest absolute Gasteiger partial charge is 0.328 e. The SMILES string of the molecule is CCCCOc1nc(N)c2[nH]c(=O)n(Cc3ccc(CN4CCC(CCNC(=O)CCC(CCC(=O)NCCC5CCN(Cc6ccc(Cn7c(=O)[nH]c8c(N)nc(OCCCC)nc87)cc6)CC5)NC(=O)CON)CC4)cc3)c2n1. The first-order valence-electron chi connectivity index (χ1n) is 28.9. The van der Waals surface area contributed by atoms with Crippen LogP contribution in [0.5, 0.6) is 12.0 Å². The quantitative estimate of drug-likeness (QED) is 0.0223. The second-order valence-corrected chi connectivity index (χ2v) is 21.6. The fourth-order valence-electron chi connectivity index (χ4n) is 10.6. The fourth-order valence-corrected chi connectivity index (χ4v) is 10.6. The Kier molecular flexibility index (Phi) is 22.0. The van der Waals surface area contributed by atoms with Gasteiger partial charge < -0.3 is 46.9 Å². The van der Waals surface area contributed by atoms with Crippen LogP contribution < -0.4 is 54.2 Å². The summed E-state index contributed by atoms with van der Waals surface area (Å²) in [5.41, 5.74) is 17.6. The van der Waals surface area contributed by atoms with Crippen molar-refractivity contribution >= 4 is 51.7 Å². The molecule has 3 amide bonds. The van der Waals surface area contributed by atoms with Crippen LogP contribution in [0.3, 0.4) is 0 Å². The van der Waals surface area contributed by atoms with Crippen LogP contribution in [-0.2, 0) is 45.4 Å². The zero-order valence-electron chi connectivity index (χ0n) is 47.0. The van der Waals surface area contributed by atoms with Gasteiger partial charge in [0.05, 0.1) is 26.3 Å². The van der Waals surface area contributed by atoms with E-state index in [0.717, 1.165) is 115 Å². The van der Waals surface area contributed by atoms with Crippen LogP contribution in [0, 0.1) is 11.8 Å². The summed E-state index contributed by atoms with van der Waals surface area (Å²) in [6.45, 7) is 12.1. The maximum absolute atomic E-state index is 13.0. The van der Waals surface area contributed by atoms with Crippen LogP contribution in [0.2, 0.25) is 0 Å². The number of nitrogens with one attached hydrogen (secondary N) is 5. The van der Waals surface area contributed by atoms with Gasteiger partial charge in [0.2, 0.25) is 17.7 Å². The molecule has 0 spiro atoms. The molecule has 2 aromatic carbocycles. The molecule has 81 heavy (non-hydrogen) atoms. The number of imidazole rings is 2. The molecule has 438 valence electrons. The molecule has 2 aliphatic heterocycles. The Labute approximate surface area is 471 Å². The van der Waals surface area contributed by atoms with Crippen molar-refractivity contribution < 1.29 is 28.7 Å². The van der Waals surface area contributed by atoms with Crippen LogP contribution in [0.25, 0.3) is 22.3 Å². The molecular formula is C57H82N16O8. The van der Waals surface area contributed by atoms with Crippen LogP contribution >= 0.6 is 0 Å². The number of rotatable bonds is 31. The molecule has 0 bridgehead atoms. The third-order valence-electron chi connectivity index (χ3n) is 15.4. The largest absolute Gasteiger partial charge is 0.463 e. The normalized spacial score (nSPS) is 14.7. The molecule has 2 fully saturated rings. The van der Waals surface area contributed by atoms with Gasteiger partial charge in [0.15, 0.2) is 22.9 Å². The molecule has 4 aromatic heterocycles. The van der Waals surface area contributed by atoms with Gasteiger partial charge in [-0.25, -0.2) is 15.5 Å². The van der Waals surface area contributed by atoms with Crippen molar-refractivity contribution in [2.24, 2.45) is 17.7 Å². The highest BCUT2D eigenvalue weighted by atomic mass is 16.6. The third-order valence-corrected chi connectivity index (χ3v) is 15.4. The van der Waals surface area contributed by atoms with Crippen molar-refractivity contribution in [1.29, 1.82) is 0 Å². The van der Waals surface area contributed by atoms with Gasteiger partial charge in [-0.15, -0.1) is 0 Å². The Balaban J connectivity index is 0.683. The van der Waals surface area contributed by atoms with E-state index >= 15 is 0 Å². The maximum atomic E-state index is 13.0. The first kappa shape index (κ1) is 59.7. The van der Waals surface area contributed by atoms with Crippen LogP contribution in [0.15, 0.2) is 58.1 Å². The molecule has 24 heteroatoms. The first-order chi connectivity index (χ1) is 39.3. The lowest BCUT2D eigenvalue weighted by molar-refractivity contribution is -0.128. The van der Waals surface area contributed by atoms with Crippen LogP contribution in [-0.4, -0.2) is 132 Å². The van der Waals surface area contributed by atoms with Gasteiger partial charge in [-0.3, -0.25) is 38.2 Å². The number of aromatic amines is 2. The Bertz CT molecular complexity index is 2910. The van der Waals surface area contributed by atoms with Crippen LogP contribution in [0.4, 0.5) is 11.6 Å². The van der Waals surface area contributed by atoms with Crippen molar-refractivity contribution in [3.63, 3.8) is 0 Å². The molecule has 2 aliphatic rings. The van der Waals surface area contributed by atoms with Gasteiger partial charge in [0, 0.05) is 45.1 Å². The number of nitrogens with two attached hydrogens (primary N) is 3. The van der Waals surface area contributed by atoms with E-state index in [1.807, 2.05) is 24.3 Å². The molecule has 0 radical (unpaired) electrons. The monoisotopic (exact) mass is 1120 g/mol. The molecule has 24 nitrogen and oxygen atoms in total. The van der Waals surface area contributed by atoms with E-state index in [2.05, 4.69) is 98.6 Å². The molecule has 0 saturated carbocycles. The number of carbonyl (C=O) groups is 3. The topological polar surface area (TPSA) is 327 Å². The van der Waals surface area contributed by atoms with E-state index in [1.54, 1.807) is 9.13 Å². The molecular weight excluding hydrogens is 1040 g/mol. The van der Waals surface area contributed by atoms with Gasteiger partial charge in [0.25, 0.3) is 0 Å². The summed E-state index contributed by atoms with van der Waals surface area (Å²) in [5, 5.41) is 9.02. The summed E-state index contributed by atoms with van der Waals surface area (Å²) in [4.78, 5) is 96.6. The minimum absolute atomic E-state index is 0.0891. The summed E-state index contributed by atoms with van der Waals surface area (Å²) in [6, 6.07) is 16.5. The number of H-pyrrole nitrogens is 2. The molecule has 8 rings (SSSR count). The summed E-state index contributed by atoms with van der Waals surface area (Å²) >= 11 is 0. The number of amides is 3. The summed E-state index contributed by atoms with van der Waals surface area (Å²) in [5.74, 6) is 5.93. The molecule has 0 aliphatic carbocycles. The number of hydrogen-bond acceptors (Lipinski definition) is 17. The molecule has 6 aromatic rings. The number of unbranched alkanes of at least 4 members (excludes halogenated alkanes) is 2. The molecule has 2 saturated heterocycles. The number of anilines is 2. The molecule has 11 N–H and O–H groups in total. The van der Waals surface area contributed by atoms with E-state index in [-0.39, 0.29) is 66.3 Å². The van der Waals surface area contributed by atoms with Crippen molar-refractivity contribution in [2.45, 2.75) is 136 Å². The van der Waals surface area contributed by atoms with Crippen molar-refractivity contribution in [2.75, 3.05) is 70.6 Å². The van der Waals surface area contributed by atoms with Crippen LogP contribution in [0.1, 0.15) is 126 Å². The minimum Gasteiger partial charge on any atom is -0.463 e. The summed E-state index contributed by atoms with van der Waals surface area (Å²) in [7, 11) is 0. The van der Waals surface area contributed by atoms with Gasteiger partial charge in [-0.1, -0.05) is 75.2 Å². The highest BCUT2D eigenvalue weighted by Crippen LogP contribution is 2.25. The Morgan fingerprint density at radius 1 is 0.605 bits per heavy atom. The lowest BCUT2D eigenvalue weighted by atomic mass is 9.93. The van der Waals surface area contributed by atoms with E-state index < -0.39 is 11.9 Å². The minimum atomic E-state index is -0.400. The zero-order valence-corrected chi connectivity index (χ0v) is 47.0. The maximum Gasteiger partial charge on any atom is 0.328 e.